The largest absolute Gasteiger partial charge is 0.507 e. The molecule has 0 heterocycles. The van der Waals surface area contributed by atoms with Gasteiger partial charge >= 0.3 is 0 Å². The Morgan fingerprint density at radius 1 is 1.00 bits per heavy atom. The fraction of sp³-hybridized carbons (Fsp3) is 0.286. The monoisotopic (exact) mass is 416 g/mol. The summed E-state index contributed by atoms with van der Waals surface area (Å²) in [6, 6.07) is 11.2. The number of carbonyl (C=O) groups excluding carboxylic acids is 1. The number of ketones is 1. The van der Waals surface area contributed by atoms with Gasteiger partial charge in [-0.15, -0.1) is 0 Å². The standard InChI is InChI=1S/C21H25BrN2O2/c1-23(2)13-17-11-15(12-18(21(17)26)14-24(3)4)5-10-20(25)16-6-8-19(22)9-7-16/h5-12,26H,13-14H2,1-4H3/b10-5-. The fourth-order valence-corrected chi connectivity index (χ4v) is 2.95. The van der Waals surface area contributed by atoms with Crippen LogP contribution in [0.4, 0.5) is 0 Å². The number of halogens is 1. The summed E-state index contributed by atoms with van der Waals surface area (Å²) < 4.78 is 0.943. The molecule has 0 radical (unpaired) electrons. The third-order valence-electron chi connectivity index (χ3n) is 3.82. The molecule has 0 amide bonds. The smallest absolute Gasteiger partial charge is 0.185 e. The lowest BCUT2D eigenvalue weighted by molar-refractivity contribution is 0.104. The van der Waals surface area contributed by atoms with Crippen LogP contribution < -0.4 is 0 Å². The van der Waals surface area contributed by atoms with Gasteiger partial charge in [-0.3, -0.25) is 4.79 Å². The van der Waals surface area contributed by atoms with Gasteiger partial charge in [0, 0.05) is 34.3 Å². The highest BCUT2D eigenvalue weighted by Crippen LogP contribution is 2.27. The molecule has 0 aromatic heterocycles. The van der Waals surface area contributed by atoms with Crippen LogP contribution in [-0.2, 0) is 13.1 Å². The highest BCUT2D eigenvalue weighted by Gasteiger charge is 2.11. The maximum atomic E-state index is 12.4. The van der Waals surface area contributed by atoms with Gasteiger partial charge in [0.05, 0.1) is 0 Å². The van der Waals surface area contributed by atoms with E-state index >= 15 is 0 Å². The Morgan fingerprint density at radius 3 is 1.96 bits per heavy atom. The zero-order chi connectivity index (χ0) is 19.3. The molecule has 0 aliphatic rings. The van der Waals surface area contributed by atoms with Crippen molar-refractivity contribution in [2.75, 3.05) is 28.2 Å². The zero-order valence-electron chi connectivity index (χ0n) is 15.7. The van der Waals surface area contributed by atoms with Gasteiger partial charge in [-0.2, -0.15) is 0 Å². The third kappa shape index (κ3) is 5.80. The first-order valence-corrected chi connectivity index (χ1v) is 9.17. The van der Waals surface area contributed by atoms with E-state index in [0.29, 0.717) is 24.4 Å². The Bertz CT molecular complexity index is 765. The second-order valence-corrected chi connectivity index (χ2v) is 7.78. The topological polar surface area (TPSA) is 43.8 Å². The van der Waals surface area contributed by atoms with E-state index in [9.17, 15) is 9.90 Å². The van der Waals surface area contributed by atoms with Gasteiger partial charge in [0.25, 0.3) is 0 Å². The first-order chi connectivity index (χ1) is 12.3. The second kappa shape index (κ2) is 9.12. The summed E-state index contributed by atoms with van der Waals surface area (Å²) in [5.41, 5.74) is 3.25. The molecule has 0 fully saturated rings. The molecule has 0 aliphatic heterocycles. The van der Waals surface area contributed by atoms with Crippen LogP contribution in [0.5, 0.6) is 5.75 Å². The van der Waals surface area contributed by atoms with E-state index in [1.807, 2.05) is 68.3 Å². The molecule has 2 aromatic rings. The van der Waals surface area contributed by atoms with Crippen molar-refractivity contribution >= 4 is 27.8 Å². The molecule has 0 unspecified atom stereocenters. The minimum absolute atomic E-state index is 0.0473. The van der Waals surface area contributed by atoms with Crippen LogP contribution in [0.15, 0.2) is 46.9 Å². The molecule has 0 saturated heterocycles. The van der Waals surface area contributed by atoms with Crippen molar-refractivity contribution in [3.05, 3.63) is 69.2 Å². The molecule has 0 atom stereocenters. The van der Waals surface area contributed by atoms with Crippen LogP contribution in [0.3, 0.4) is 0 Å². The van der Waals surface area contributed by atoms with Crippen LogP contribution in [0, 0.1) is 0 Å². The third-order valence-corrected chi connectivity index (χ3v) is 4.35. The van der Waals surface area contributed by atoms with E-state index in [1.165, 1.54) is 0 Å². The molecule has 0 bridgehead atoms. The minimum Gasteiger partial charge on any atom is -0.507 e. The number of carbonyl (C=O) groups is 1. The number of nitrogens with zero attached hydrogens (tertiary/aromatic N) is 2. The predicted octanol–water partition coefficient (Wildman–Crippen LogP) is 4.17. The molecule has 0 spiro atoms. The highest BCUT2D eigenvalue weighted by atomic mass is 79.9. The fourth-order valence-electron chi connectivity index (χ4n) is 2.69. The number of hydrogen-bond donors (Lipinski definition) is 1. The van der Waals surface area contributed by atoms with Crippen molar-refractivity contribution < 1.29 is 9.90 Å². The maximum absolute atomic E-state index is 12.4. The molecular formula is C21H25BrN2O2. The van der Waals surface area contributed by atoms with E-state index in [4.69, 9.17) is 0 Å². The highest BCUT2D eigenvalue weighted by molar-refractivity contribution is 9.10. The quantitative estimate of drug-likeness (QED) is 0.543. The molecule has 2 rings (SSSR count). The Balaban J connectivity index is 2.31. The molecule has 0 saturated carbocycles. The summed E-state index contributed by atoms with van der Waals surface area (Å²) in [7, 11) is 7.85. The van der Waals surface area contributed by atoms with Gasteiger partial charge in [-0.1, -0.05) is 22.0 Å². The summed E-state index contributed by atoms with van der Waals surface area (Å²) in [4.78, 5) is 16.4. The van der Waals surface area contributed by atoms with Gasteiger partial charge in [-0.05, 0) is 76.2 Å². The first kappa shape index (κ1) is 20.4. The molecule has 5 heteroatoms. The van der Waals surface area contributed by atoms with Crippen molar-refractivity contribution in [3.8, 4) is 5.75 Å². The lowest BCUT2D eigenvalue weighted by Gasteiger charge is -2.17. The number of aromatic hydroxyl groups is 1. The molecule has 138 valence electrons. The lowest BCUT2D eigenvalue weighted by atomic mass is 10.0. The van der Waals surface area contributed by atoms with Gasteiger partial charge in [0.15, 0.2) is 5.78 Å². The molecule has 1 N–H and O–H groups in total. The van der Waals surface area contributed by atoms with E-state index in [1.54, 1.807) is 18.2 Å². The van der Waals surface area contributed by atoms with E-state index in [2.05, 4.69) is 15.9 Å². The van der Waals surface area contributed by atoms with Gasteiger partial charge in [-0.25, -0.2) is 0 Å². The summed E-state index contributed by atoms with van der Waals surface area (Å²) in [5.74, 6) is 0.276. The number of hydrogen-bond acceptors (Lipinski definition) is 4. The van der Waals surface area contributed by atoms with Gasteiger partial charge < -0.3 is 14.9 Å². The average molecular weight is 417 g/mol. The Labute approximate surface area is 163 Å². The summed E-state index contributed by atoms with van der Waals surface area (Å²) in [6.07, 6.45) is 3.39. The van der Waals surface area contributed by atoms with E-state index in [-0.39, 0.29) is 5.78 Å². The summed E-state index contributed by atoms with van der Waals surface area (Å²) in [6.45, 7) is 1.27. The van der Waals surface area contributed by atoms with E-state index < -0.39 is 0 Å². The Hall–Kier alpha value is -1.95. The van der Waals surface area contributed by atoms with Crippen LogP contribution in [0.1, 0.15) is 27.0 Å². The maximum Gasteiger partial charge on any atom is 0.185 e. The van der Waals surface area contributed by atoms with Gasteiger partial charge in [0.1, 0.15) is 5.75 Å². The molecular weight excluding hydrogens is 392 g/mol. The molecule has 26 heavy (non-hydrogen) atoms. The number of rotatable bonds is 7. The molecule has 2 aromatic carbocycles. The van der Waals surface area contributed by atoms with Crippen LogP contribution >= 0.6 is 15.9 Å². The van der Waals surface area contributed by atoms with Crippen LogP contribution in [0.2, 0.25) is 0 Å². The average Bonchev–Trinajstić information content (AvgIpc) is 2.56. The zero-order valence-corrected chi connectivity index (χ0v) is 17.2. The normalized spacial score (nSPS) is 11.7. The Morgan fingerprint density at radius 2 is 1.50 bits per heavy atom. The Kier molecular flexibility index (Phi) is 7.14. The van der Waals surface area contributed by atoms with Gasteiger partial charge in [0.2, 0.25) is 0 Å². The number of allylic oxidation sites excluding steroid dienone is 1. The van der Waals surface area contributed by atoms with Crippen molar-refractivity contribution in [1.82, 2.24) is 9.80 Å². The predicted molar refractivity (Wildman–Crippen MR) is 110 cm³/mol. The minimum atomic E-state index is -0.0473. The van der Waals surface area contributed by atoms with Crippen molar-refractivity contribution in [1.29, 1.82) is 0 Å². The van der Waals surface area contributed by atoms with Crippen molar-refractivity contribution in [3.63, 3.8) is 0 Å². The number of phenolic OH excluding ortho intramolecular Hbond substituents is 1. The van der Waals surface area contributed by atoms with E-state index in [0.717, 1.165) is 21.2 Å². The van der Waals surface area contributed by atoms with Crippen molar-refractivity contribution in [2.45, 2.75) is 13.1 Å². The number of benzene rings is 2. The first-order valence-electron chi connectivity index (χ1n) is 8.38. The summed E-state index contributed by atoms with van der Waals surface area (Å²) in [5, 5.41) is 10.5. The van der Waals surface area contributed by atoms with Crippen LogP contribution in [-0.4, -0.2) is 48.9 Å². The lowest BCUT2D eigenvalue weighted by Crippen LogP contribution is -2.14. The van der Waals surface area contributed by atoms with Crippen LogP contribution in [0.25, 0.3) is 6.08 Å². The second-order valence-electron chi connectivity index (χ2n) is 6.87. The SMILES string of the molecule is CN(C)Cc1cc(/C=C\C(=O)c2ccc(Br)cc2)cc(CN(C)C)c1O. The van der Waals surface area contributed by atoms with Crippen molar-refractivity contribution in [2.24, 2.45) is 0 Å². The molecule has 0 aliphatic carbocycles. The summed E-state index contributed by atoms with van der Waals surface area (Å²) >= 11 is 3.37. The molecule has 4 nitrogen and oxygen atoms in total. The number of phenols is 1.